The molecule has 7 heterocycles. The number of benzene rings is 2. The smallest absolute Gasteiger partial charge is 0.319 e. The third-order valence-electron chi connectivity index (χ3n) is 11.2. The fourth-order valence-electron chi connectivity index (χ4n) is 8.59. The van der Waals surface area contributed by atoms with Crippen molar-refractivity contribution in [2.45, 2.75) is 43.4 Å². The summed E-state index contributed by atoms with van der Waals surface area (Å²) in [5.41, 5.74) is -0.521. The molecule has 1 unspecified atom stereocenters. The molecular formula is C39H36ClF3N8O3. The van der Waals surface area contributed by atoms with Crippen LogP contribution in [-0.2, 0) is 9.53 Å². The Morgan fingerprint density at radius 3 is 2.72 bits per heavy atom. The van der Waals surface area contributed by atoms with Crippen molar-refractivity contribution >= 4 is 51.1 Å². The number of aromatic nitrogens is 5. The standard InChI is InChI=1S/C39H36ClF3N8O3/c1-23-44-11-9-26(46-23)15-30(42)36(52)51-14-13-49(19-39(51)20-53-21-39)35-28-17-45-33(27-7-2-5-24-6-3-8-29(40)31(24)27)32(43)34(28)47-37(48-35)54-22-38-10-4-12-50(38)18-25(41)16-38/h2-3,5-9,11,15,17,25H,4,10,12-14,16,18-22H2,1H3/b30-15-/t25?,38-/m0/s1. The lowest BCUT2D eigenvalue weighted by Gasteiger charge is -2.55. The number of carbonyl (C=O) groups excluding carboxylic acids is 1. The normalized spacial score (nSPS) is 22.6. The first-order valence-corrected chi connectivity index (χ1v) is 18.4. The highest BCUT2D eigenvalue weighted by Crippen LogP contribution is 2.42. The van der Waals surface area contributed by atoms with E-state index in [9.17, 15) is 9.18 Å². The van der Waals surface area contributed by atoms with Crippen LogP contribution in [0, 0.1) is 12.7 Å². The van der Waals surface area contributed by atoms with Crippen molar-refractivity contribution in [2.75, 3.05) is 57.4 Å². The van der Waals surface area contributed by atoms with E-state index in [0.717, 1.165) is 30.8 Å². The van der Waals surface area contributed by atoms with Crippen molar-refractivity contribution in [3.63, 3.8) is 0 Å². The van der Waals surface area contributed by atoms with Gasteiger partial charge in [0, 0.05) is 67.0 Å². The Labute approximate surface area is 313 Å². The zero-order chi connectivity index (χ0) is 37.2. The summed E-state index contributed by atoms with van der Waals surface area (Å²) in [4.78, 5) is 41.4. The van der Waals surface area contributed by atoms with E-state index in [1.54, 1.807) is 19.1 Å². The van der Waals surface area contributed by atoms with Gasteiger partial charge in [0.1, 0.15) is 41.2 Å². The summed E-state index contributed by atoms with van der Waals surface area (Å²) >= 11 is 6.63. The maximum atomic E-state index is 17.0. The molecular weight excluding hydrogens is 721 g/mol. The van der Waals surface area contributed by atoms with Crippen molar-refractivity contribution in [2.24, 2.45) is 0 Å². The molecule has 1 spiro atoms. The Balaban J connectivity index is 1.10. The number of rotatable bonds is 7. The molecule has 1 amide bonds. The number of halogens is 4. The van der Waals surface area contributed by atoms with Crippen LogP contribution in [0.2, 0.25) is 5.02 Å². The van der Waals surface area contributed by atoms with Gasteiger partial charge in [-0.1, -0.05) is 41.9 Å². The van der Waals surface area contributed by atoms with Crippen molar-refractivity contribution in [1.82, 2.24) is 34.7 Å². The van der Waals surface area contributed by atoms with E-state index in [1.165, 1.54) is 23.4 Å². The molecule has 54 heavy (non-hydrogen) atoms. The fraction of sp³-hybridized carbons (Fsp3) is 0.385. The number of carbonyl (C=O) groups is 1. The number of piperazine rings is 1. The van der Waals surface area contributed by atoms with E-state index < -0.39 is 34.8 Å². The van der Waals surface area contributed by atoms with E-state index in [4.69, 9.17) is 26.1 Å². The topological polar surface area (TPSA) is 110 Å². The predicted octanol–water partition coefficient (Wildman–Crippen LogP) is 6.12. The highest BCUT2D eigenvalue weighted by atomic mass is 35.5. The van der Waals surface area contributed by atoms with Gasteiger partial charge in [-0.25, -0.2) is 23.1 Å². The Kier molecular flexibility index (Phi) is 8.66. The molecule has 3 aromatic heterocycles. The van der Waals surface area contributed by atoms with Gasteiger partial charge in [0.25, 0.3) is 5.91 Å². The minimum atomic E-state index is -0.953. The Morgan fingerprint density at radius 2 is 1.93 bits per heavy atom. The number of fused-ring (bicyclic) bond motifs is 3. The maximum absolute atomic E-state index is 17.0. The molecule has 2 aromatic carbocycles. The molecule has 278 valence electrons. The summed E-state index contributed by atoms with van der Waals surface area (Å²) < 4.78 is 59.0. The van der Waals surface area contributed by atoms with Gasteiger partial charge in [-0.05, 0) is 43.8 Å². The van der Waals surface area contributed by atoms with Gasteiger partial charge >= 0.3 is 6.01 Å². The summed E-state index contributed by atoms with van der Waals surface area (Å²) in [6.07, 6.45) is 5.24. The molecule has 0 radical (unpaired) electrons. The van der Waals surface area contributed by atoms with Crippen LogP contribution in [0.4, 0.5) is 19.0 Å². The molecule has 2 atom stereocenters. The molecule has 9 rings (SSSR count). The quantitative estimate of drug-likeness (QED) is 0.180. The minimum absolute atomic E-state index is 0.00818. The molecule has 4 aliphatic rings. The Hall–Kier alpha value is -4.92. The number of hydrogen-bond donors (Lipinski definition) is 0. The number of anilines is 1. The zero-order valence-electron chi connectivity index (χ0n) is 29.4. The Bertz CT molecular complexity index is 2340. The summed E-state index contributed by atoms with van der Waals surface area (Å²) in [7, 11) is 0. The van der Waals surface area contributed by atoms with Crippen LogP contribution in [0.25, 0.3) is 39.0 Å². The third kappa shape index (κ3) is 5.91. The van der Waals surface area contributed by atoms with Gasteiger partial charge in [0.2, 0.25) is 0 Å². The first kappa shape index (κ1) is 34.8. The first-order chi connectivity index (χ1) is 26.1. The molecule has 4 aliphatic heterocycles. The van der Waals surface area contributed by atoms with Gasteiger partial charge in [0.15, 0.2) is 11.6 Å². The lowest BCUT2D eigenvalue weighted by Crippen LogP contribution is -2.73. The molecule has 0 aliphatic carbocycles. The van der Waals surface area contributed by atoms with Crippen LogP contribution in [0.3, 0.4) is 0 Å². The van der Waals surface area contributed by atoms with E-state index in [2.05, 4.69) is 24.8 Å². The fourth-order valence-corrected chi connectivity index (χ4v) is 8.87. The number of hydrogen-bond acceptors (Lipinski definition) is 10. The number of alkyl halides is 1. The number of ether oxygens (including phenoxy) is 2. The first-order valence-electron chi connectivity index (χ1n) is 18.0. The second-order valence-corrected chi connectivity index (χ2v) is 15.0. The third-order valence-corrected chi connectivity index (χ3v) is 11.5. The molecule has 0 saturated carbocycles. The van der Waals surface area contributed by atoms with Crippen LogP contribution in [-0.4, -0.2) is 110 Å². The lowest BCUT2D eigenvalue weighted by atomic mass is 9.91. The largest absolute Gasteiger partial charge is 0.461 e. The summed E-state index contributed by atoms with van der Waals surface area (Å²) in [5, 5.41) is 2.28. The van der Waals surface area contributed by atoms with E-state index in [1.807, 2.05) is 29.2 Å². The van der Waals surface area contributed by atoms with Gasteiger partial charge in [-0.2, -0.15) is 9.97 Å². The zero-order valence-corrected chi connectivity index (χ0v) is 30.2. The van der Waals surface area contributed by atoms with Gasteiger partial charge in [-0.15, -0.1) is 0 Å². The molecule has 0 bridgehead atoms. The number of nitrogens with zero attached hydrogens (tertiary/aromatic N) is 8. The maximum Gasteiger partial charge on any atom is 0.319 e. The number of aryl methyl sites for hydroxylation is 1. The van der Waals surface area contributed by atoms with Crippen molar-refractivity contribution in [1.29, 1.82) is 0 Å². The molecule has 5 aromatic rings. The predicted molar refractivity (Wildman–Crippen MR) is 197 cm³/mol. The monoisotopic (exact) mass is 756 g/mol. The minimum Gasteiger partial charge on any atom is -0.461 e. The average Bonchev–Trinajstić information content (AvgIpc) is 3.68. The van der Waals surface area contributed by atoms with Crippen molar-refractivity contribution in [3.05, 3.63) is 83.0 Å². The molecule has 0 N–H and O–H groups in total. The van der Waals surface area contributed by atoms with Crippen LogP contribution in [0.15, 0.2) is 60.7 Å². The van der Waals surface area contributed by atoms with Gasteiger partial charge in [0.05, 0.1) is 29.8 Å². The van der Waals surface area contributed by atoms with E-state index in [-0.39, 0.29) is 62.4 Å². The highest BCUT2D eigenvalue weighted by Gasteiger charge is 2.52. The molecule has 4 fully saturated rings. The van der Waals surface area contributed by atoms with Gasteiger partial charge < -0.3 is 19.3 Å². The SMILES string of the molecule is Cc1nccc(/C=C(\F)C(=O)N2CCN(c3nc(OC[C@@]45CCCN4CC(F)C5)nc4c(F)c(-c5cccc6cccc(Cl)c56)ncc34)CC23COC3)n1. The average molecular weight is 757 g/mol. The second-order valence-electron chi connectivity index (χ2n) is 14.6. The summed E-state index contributed by atoms with van der Waals surface area (Å²) in [6.45, 7) is 3.89. The van der Waals surface area contributed by atoms with Crippen molar-refractivity contribution in [3.8, 4) is 17.3 Å². The van der Waals surface area contributed by atoms with E-state index >= 15 is 8.78 Å². The van der Waals surface area contributed by atoms with Crippen LogP contribution < -0.4 is 9.64 Å². The van der Waals surface area contributed by atoms with Gasteiger partial charge in [-0.3, -0.25) is 14.7 Å². The summed E-state index contributed by atoms with van der Waals surface area (Å²) in [5.74, 6) is -1.60. The highest BCUT2D eigenvalue weighted by molar-refractivity contribution is 6.36. The van der Waals surface area contributed by atoms with Crippen molar-refractivity contribution < 1.29 is 27.4 Å². The summed E-state index contributed by atoms with van der Waals surface area (Å²) in [6, 6.07) is 12.4. The molecule has 4 saturated heterocycles. The lowest BCUT2D eigenvalue weighted by molar-refractivity contribution is -0.167. The molecule has 11 nitrogen and oxygen atoms in total. The second kappa shape index (κ2) is 13.4. The number of pyridine rings is 1. The van der Waals surface area contributed by atoms with E-state index in [0.29, 0.717) is 46.0 Å². The van der Waals surface area contributed by atoms with Crippen LogP contribution in [0.5, 0.6) is 6.01 Å². The Morgan fingerprint density at radius 1 is 1.09 bits per heavy atom. The number of amides is 1. The van der Waals surface area contributed by atoms with Crippen LogP contribution in [0.1, 0.15) is 30.8 Å². The van der Waals surface area contributed by atoms with Crippen LogP contribution >= 0.6 is 11.6 Å². The molecule has 15 heteroatoms.